The van der Waals surface area contributed by atoms with E-state index in [0.29, 0.717) is 18.1 Å². The van der Waals surface area contributed by atoms with Gasteiger partial charge in [-0.05, 0) is 31.0 Å². The van der Waals surface area contributed by atoms with Crippen molar-refractivity contribution in [3.05, 3.63) is 62.4 Å². The highest BCUT2D eigenvalue weighted by Gasteiger charge is 2.16. The Kier molecular flexibility index (Phi) is 6.25. The van der Waals surface area contributed by atoms with Crippen LogP contribution < -0.4 is 5.32 Å². The molecule has 1 aromatic heterocycles. The van der Waals surface area contributed by atoms with Crippen molar-refractivity contribution in [1.29, 1.82) is 0 Å². The molecule has 2 rings (SSSR count). The molecule has 0 aliphatic heterocycles. The zero-order valence-electron chi connectivity index (χ0n) is 12.3. The van der Waals surface area contributed by atoms with Gasteiger partial charge in [0.25, 0.3) is 0 Å². The van der Waals surface area contributed by atoms with Crippen molar-refractivity contribution in [3.8, 4) is 0 Å². The van der Waals surface area contributed by atoms with Gasteiger partial charge in [-0.25, -0.2) is 9.78 Å². The Morgan fingerprint density at radius 1 is 1.22 bits per heavy atom. The normalized spacial score (nSPS) is 12.2. The highest BCUT2D eigenvalue weighted by molar-refractivity contribution is 6.44. The van der Waals surface area contributed by atoms with Crippen molar-refractivity contribution in [1.82, 2.24) is 10.3 Å². The van der Waals surface area contributed by atoms with Gasteiger partial charge in [0.05, 0.1) is 15.6 Å². The number of carbonyl (C=O) groups is 1. The van der Waals surface area contributed by atoms with E-state index in [9.17, 15) is 4.79 Å². The minimum Gasteiger partial charge on any atom is -0.478 e. The third-order valence-electron chi connectivity index (χ3n) is 3.40. The number of hydrogen-bond acceptors (Lipinski definition) is 3. The number of halogens is 3. The van der Waals surface area contributed by atoms with E-state index in [4.69, 9.17) is 39.9 Å². The molecule has 2 N–H and O–H groups in total. The van der Waals surface area contributed by atoms with Crippen LogP contribution in [0.4, 0.5) is 0 Å². The van der Waals surface area contributed by atoms with E-state index in [1.54, 1.807) is 12.3 Å². The second-order valence-corrected chi connectivity index (χ2v) is 6.26. The molecule has 4 nitrogen and oxygen atoms in total. The standard InChI is InChI=1S/C16H15Cl3N2O2/c1-9(21-8-11-3-2-6-20-15(11)19)7-10-4-5-12(16(22)23)14(18)13(10)17/h2-6,9,21H,7-8H2,1H3,(H,22,23). The van der Waals surface area contributed by atoms with Crippen LogP contribution in [0.3, 0.4) is 0 Å². The van der Waals surface area contributed by atoms with Crippen LogP contribution in [0.2, 0.25) is 15.2 Å². The van der Waals surface area contributed by atoms with Gasteiger partial charge < -0.3 is 10.4 Å². The van der Waals surface area contributed by atoms with E-state index < -0.39 is 5.97 Å². The number of nitrogens with zero attached hydrogens (tertiary/aromatic N) is 1. The summed E-state index contributed by atoms with van der Waals surface area (Å²) in [5, 5.41) is 13.2. The quantitative estimate of drug-likeness (QED) is 0.734. The summed E-state index contributed by atoms with van der Waals surface area (Å²) in [4.78, 5) is 15.0. The number of aromatic nitrogens is 1. The Morgan fingerprint density at radius 2 is 1.96 bits per heavy atom. The molecule has 0 bridgehead atoms. The topological polar surface area (TPSA) is 62.2 Å². The lowest BCUT2D eigenvalue weighted by Gasteiger charge is -2.16. The zero-order chi connectivity index (χ0) is 17.0. The smallest absolute Gasteiger partial charge is 0.337 e. The monoisotopic (exact) mass is 372 g/mol. The SMILES string of the molecule is CC(Cc1ccc(C(=O)O)c(Cl)c1Cl)NCc1cccnc1Cl. The molecule has 2 aromatic rings. The maximum absolute atomic E-state index is 11.0. The van der Waals surface area contributed by atoms with Crippen LogP contribution in [0.25, 0.3) is 0 Å². The Morgan fingerprint density at radius 3 is 2.61 bits per heavy atom. The summed E-state index contributed by atoms with van der Waals surface area (Å²) in [6, 6.07) is 6.98. The summed E-state index contributed by atoms with van der Waals surface area (Å²) < 4.78 is 0. The fourth-order valence-corrected chi connectivity index (χ4v) is 2.84. The molecule has 7 heteroatoms. The van der Waals surface area contributed by atoms with Gasteiger partial charge in [0, 0.05) is 24.3 Å². The number of carboxylic acid groups (broad SMARTS) is 1. The summed E-state index contributed by atoms with van der Waals surface area (Å²) in [5.41, 5.74) is 1.70. The van der Waals surface area contributed by atoms with Gasteiger partial charge in [0.2, 0.25) is 0 Å². The zero-order valence-corrected chi connectivity index (χ0v) is 14.6. The Labute approximate surface area is 149 Å². The van der Waals surface area contributed by atoms with Gasteiger partial charge in [0.15, 0.2) is 0 Å². The predicted octanol–water partition coefficient (Wildman–Crippen LogP) is 4.46. The molecule has 1 unspecified atom stereocenters. The number of rotatable bonds is 6. The summed E-state index contributed by atoms with van der Waals surface area (Å²) in [6.07, 6.45) is 2.25. The minimum absolute atomic E-state index is 0.00294. The minimum atomic E-state index is -1.10. The number of carboxylic acids is 1. The molecular formula is C16H15Cl3N2O2. The first-order valence-corrected chi connectivity index (χ1v) is 8.06. The molecular weight excluding hydrogens is 359 g/mol. The Balaban J connectivity index is 2.03. The van der Waals surface area contributed by atoms with Gasteiger partial charge in [-0.15, -0.1) is 0 Å². The Bertz CT molecular complexity index is 722. The fraction of sp³-hybridized carbons (Fsp3) is 0.250. The maximum Gasteiger partial charge on any atom is 0.337 e. The average molecular weight is 374 g/mol. The highest BCUT2D eigenvalue weighted by atomic mass is 35.5. The molecule has 1 aromatic carbocycles. The van der Waals surface area contributed by atoms with Crippen molar-refractivity contribution < 1.29 is 9.90 Å². The predicted molar refractivity (Wildman–Crippen MR) is 92.7 cm³/mol. The van der Waals surface area contributed by atoms with Crippen LogP contribution in [0, 0.1) is 0 Å². The maximum atomic E-state index is 11.0. The molecule has 1 atom stereocenters. The molecule has 0 aliphatic rings. The number of nitrogens with one attached hydrogen (secondary N) is 1. The van der Waals surface area contributed by atoms with Gasteiger partial charge >= 0.3 is 5.97 Å². The van der Waals surface area contributed by atoms with E-state index >= 15 is 0 Å². The Hall–Kier alpha value is -1.33. The molecule has 23 heavy (non-hydrogen) atoms. The lowest BCUT2D eigenvalue weighted by Crippen LogP contribution is -2.28. The van der Waals surface area contributed by atoms with Crippen LogP contribution in [-0.2, 0) is 13.0 Å². The third kappa shape index (κ3) is 4.58. The van der Waals surface area contributed by atoms with Crippen LogP contribution >= 0.6 is 34.8 Å². The lowest BCUT2D eigenvalue weighted by atomic mass is 10.0. The van der Waals surface area contributed by atoms with Gasteiger partial charge in [-0.3, -0.25) is 0 Å². The van der Waals surface area contributed by atoms with Crippen LogP contribution in [0.15, 0.2) is 30.5 Å². The van der Waals surface area contributed by atoms with Crippen molar-refractivity contribution in [2.45, 2.75) is 25.9 Å². The molecule has 0 saturated carbocycles. The molecule has 0 spiro atoms. The summed E-state index contributed by atoms with van der Waals surface area (Å²) >= 11 is 18.2. The van der Waals surface area contributed by atoms with E-state index in [1.165, 1.54) is 6.07 Å². The average Bonchev–Trinajstić information content (AvgIpc) is 2.51. The molecule has 1 heterocycles. The summed E-state index contributed by atoms with van der Waals surface area (Å²) in [6.45, 7) is 2.58. The fourth-order valence-electron chi connectivity index (χ4n) is 2.15. The number of hydrogen-bond donors (Lipinski definition) is 2. The first-order valence-electron chi connectivity index (χ1n) is 6.93. The third-order valence-corrected chi connectivity index (χ3v) is 4.66. The molecule has 122 valence electrons. The highest BCUT2D eigenvalue weighted by Crippen LogP contribution is 2.30. The van der Waals surface area contributed by atoms with Crippen molar-refractivity contribution in [2.75, 3.05) is 0 Å². The van der Waals surface area contributed by atoms with E-state index in [-0.39, 0.29) is 21.7 Å². The van der Waals surface area contributed by atoms with E-state index in [1.807, 2.05) is 19.1 Å². The van der Waals surface area contributed by atoms with Crippen molar-refractivity contribution >= 4 is 40.8 Å². The lowest BCUT2D eigenvalue weighted by molar-refractivity contribution is 0.0697. The van der Waals surface area contributed by atoms with E-state index in [2.05, 4.69) is 10.3 Å². The molecule has 0 radical (unpaired) electrons. The van der Waals surface area contributed by atoms with E-state index in [0.717, 1.165) is 11.1 Å². The molecule has 0 fully saturated rings. The number of aromatic carboxylic acids is 1. The van der Waals surface area contributed by atoms with Crippen LogP contribution in [0.5, 0.6) is 0 Å². The molecule has 0 aliphatic carbocycles. The van der Waals surface area contributed by atoms with Gasteiger partial charge in [0.1, 0.15) is 5.15 Å². The van der Waals surface area contributed by atoms with Gasteiger partial charge in [-0.1, -0.05) is 46.9 Å². The van der Waals surface area contributed by atoms with Crippen molar-refractivity contribution in [2.24, 2.45) is 0 Å². The summed E-state index contributed by atoms with van der Waals surface area (Å²) in [7, 11) is 0. The molecule has 0 amide bonds. The second kappa shape index (κ2) is 7.97. The van der Waals surface area contributed by atoms with Gasteiger partial charge in [-0.2, -0.15) is 0 Å². The molecule has 0 saturated heterocycles. The largest absolute Gasteiger partial charge is 0.478 e. The summed E-state index contributed by atoms with van der Waals surface area (Å²) in [5.74, 6) is -1.10. The number of benzene rings is 1. The first kappa shape index (κ1) is 18.0. The van der Waals surface area contributed by atoms with Crippen molar-refractivity contribution in [3.63, 3.8) is 0 Å². The number of pyridine rings is 1. The first-order chi connectivity index (χ1) is 10.9. The van der Waals surface area contributed by atoms with Crippen LogP contribution in [0.1, 0.15) is 28.4 Å². The second-order valence-electron chi connectivity index (χ2n) is 5.14. The van der Waals surface area contributed by atoms with Crippen LogP contribution in [-0.4, -0.2) is 22.1 Å².